The Labute approximate surface area is 163 Å². The number of hydrogen-bond donors (Lipinski definition) is 1. The second-order valence-corrected chi connectivity index (χ2v) is 6.50. The van der Waals surface area contributed by atoms with Crippen molar-refractivity contribution in [1.82, 2.24) is 14.5 Å². The fourth-order valence-corrected chi connectivity index (χ4v) is 3.20. The number of hydrogen-bond acceptors (Lipinski definition) is 3. The van der Waals surface area contributed by atoms with Gasteiger partial charge in [0.25, 0.3) is 0 Å². The zero-order chi connectivity index (χ0) is 19.2. The van der Waals surface area contributed by atoms with Gasteiger partial charge in [0.1, 0.15) is 12.1 Å². The van der Waals surface area contributed by atoms with Gasteiger partial charge in [-0.05, 0) is 23.3 Å². The minimum atomic E-state index is -0.0464. The molecule has 28 heavy (non-hydrogen) atoms. The third-order valence-electron chi connectivity index (χ3n) is 4.59. The highest BCUT2D eigenvalue weighted by atomic mass is 16.1. The highest BCUT2D eigenvalue weighted by Gasteiger charge is 2.18. The van der Waals surface area contributed by atoms with Crippen LogP contribution in [0, 0.1) is 0 Å². The van der Waals surface area contributed by atoms with Crippen molar-refractivity contribution in [3.05, 3.63) is 109 Å². The molecular weight excluding hydrogens is 348 g/mol. The molecule has 0 atom stereocenters. The first-order chi connectivity index (χ1) is 13.8. The molecule has 0 saturated carbocycles. The van der Waals surface area contributed by atoms with Gasteiger partial charge in [-0.3, -0.25) is 9.36 Å². The van der Waals surface area contributed by atoms with Crippen molar-refractivity contribution in [3.63, 3.8) is 0 Å². The summed E-state index contributed by atoms with van der Waals surface area (Å²) in [6, 6.07) is 23.9. The van der Waals surface area contributed by atoms with Crippen molar-refractivity contribution in [3.8, 4) is 5.82 Å². The van der Waals surface area contributed by atoms with Crippen molar-refractivity contribution in [2.45, 2.75) is 12.3 Å². The van der Waals surface area contributed by atoms with Crippen molar-refractivity contribution in [1.29, 1.82) is 0 Å². The molecule has 1 amide bonds. The monoisotopic (exact) mass is 368 g/mol. The minimum Gasteiger partial charge on any atom is -0.325 e. The van der Waals surface area contributed by atoms with Gasteiger partial charge in [0.2, 0.25) is 5.91 Å². The van der Waals surface area contributed by atoms with Crippen molar-refractivity contribution in [2.24, 2.45) is 0 Å². The summed E-state index contributed by atoms with van der Waals surface area (Å²) in [5, 5.41) is 2.96. The van der Waals surface area contributed by atoms with E-state index < -0.39 is 0 Å². The predicted octanol–water partition coefficient (Wildman–Crippen LogP) is 4.43. The zero-order valence-corrected chi connectivity index (χ0v) is 15.3. The van der Waals surface area contributed by atoms with Gasteiger partial charge < -0.3 is 5.32 Å². The van der Waals surface area contributed by atoms with Gasteiger partial charge in [0, 0.05) is 24.7 Å². The summed E-state index contributed by atoms with van der Waals surface area (Å²) in [4.78, 5) is 21.1. The Bertz CT molecular complexity index is 974. The number of imidazole rings is 1. The Balaban J connectivity index is 1.49. The van der Waals surface area contributed by atoms with E-state index in [2.05, 4.69) is 39.6 Å². The van der Waals surface area contributed by atoms with Crippen LogP contribution in [0.2, 0.25) is 0 Å². The van der Waals surface area contributed by atoms with E-state index in [4.69, 9.17) is 0 Å². The molecule has 2 aromatic carbocycles. The smallest absolute Gasteiger partial charge is 0.225 e. The van der Waals surface area contributed by atoms with Crippen molar-refractivity contribution >= 4 is 11.6 Å². The molecule has 0 unspecified atom stereocenters. The number of carbonyl (C=O) groups excluding carboxylic acids is 1. The van der Waals surface area contributed by atoms with Crippen LogP contribution in [0.15, 0.2) is 97.7 Å². The average Bonchev–Trinajstić information content (AvgIpc) is 3.29. The number of aromatic nitrogens is 3. The summed E-state index contributed by atoms with van der Waals surface area (Å²) in [7, 11) is 0. The van der Waals surface area contributed by atoms with E-state index in [1.54, 1.807) is 18.7 Å². The summed E-state index contributed by atoms with van der Waals surface area (Å²) >= 11 is 0. The first kappa shape index (κ1) is 17.7. The van der Waals surface area contributed by atoms with E-state index in [0.717, 1.165) is 16.9 Å². The van der Waals surface area contributed by atoms with Crippen LogP contribution in [-0.4, -0.2) is 20.4 Å². The number of benzene rings is 2. The number of nitrogens with zero attached hydrogens (tertiary/aromatic N) is 3. The molecule has 0 spiro atoms. The Kier molecular flexibility index (Phi) is 5.24. The minimum absolute atomic E-state index is 0.000538. The van der Waals surface area contributed by atoms with Gasteiger partial charge in [0.05, 0.1) is 11.9 Å². The SMILES string of the molecule is O=C(CC(c1ccccc1)c1ccccc1)Nc1ccc(-n2ccnc2)nc1. The van der Waals surface area contributed by atoms with Gasteiger partial charge in [-0.25, -0.2) is 9.97 Å². The maximum absolute atomic E-state index is 12.7. The van der Waals surface area contributed by atoms with E-state index in [-0.39, 0.29) is 11.8 Å². The van der Waals surface area contributed by atoms with Crippen LogP contribution in [0.5, 0.6) is 0 Å². The third kappa shape index (κ3) is 4.15. The van der Waals surface area contributed by atoms with E-state index >= 15 is 0 Å². The Morgan fingerprint density at radius 2 is 1.61 bits per heavy atom. The second-order valence-electron chi connectivity index (χ2n) is 6.50. The predicted molar refractivity (Wildman–Crippen MR) is 109 cm³/mol. The number of nitrogens with one attached hydrogen (secondary N) is 1. The molecule has 5 heteroatoms. The van der Waals surface area contributed by atoms with E-state index in [1.165, 1.54) is 0 Å². The third-order valence-corrected chi connectivity index (χ3v) is 4.59. The normalized spacial score (nSPS) is 10.8. The van der Waals surface area contributed by atoms with Crippen LogP contribution in [0.4, 0.5) is 5.69 Å². The first-order valence-electron chi connectivity index (χ1n) is 9.14. The fourth-order valence-electron chi connectivity index (χ4n) is 3.20. The number of amides is 1. The van der Waals surface area contributed by atoms with Crippen LogP contribution in [0.3, 0.4) is 0 Å². The lowest BCUT2D eigenvalue weighted by Gasteiger charge is -2.18. The highest BCUT2D eigenvalue weighted by molar-refractivity contribution is 5.91. The maximum Gasteiger partial charge on any atom is 0.225 e. The summed E-state index contributed by atoms with van der Waals surface area (Å²) in [5.74, 6) is 0.706. The molecule has 4 rings (SSSR count). The molecule has 0 aliphatic rings. The molecule has 0 aliphatic heterocycles. The van der Waals surface area contributed by atoms with Crippen LogP contribution in [-0.2, 0) is 4.79 Å². The summed E-state index contributed by atoms with van der Waals surface area (Å²) in [5.41, 5.74) is 2.92. The van der Waals surface area contributed by atoms with E-state index in [1.807, 2.05) is 59.3 Å². The topological polar surface area (TPSA) is 59.8 Å². The molecular formula is C23H20N4O. The van der Waals surface area contributed by atoms with E-state index in [0.29, 0.717) is 12.1 Å². The van der Waals surface area contributed by atoms with Crippen molar-refractivity contribution in [2.75, 3.05) is 5.32 Å². The quantitative estimate of drug-likeness (QED) is 0.548. The summed E-state index contributed by atoms with van der Waals surface area (Å²) < 4.78 is 1.81. The lowest BCUT2D eigenvalue weighted by atomic mass is 9.88. The Morgan fingerprint density at radius 1 is 0.929 bits per heavy atom. The number of carbonyl (C=O) groups is 1. The Hall–Kier alpha value is -3.73. The van der Waals surface area contributed by atoms with Crippen LogP contribution in [0.25, 0.3) is 5.82 Å². The van der Waals surface area contributed by atoms with Crippen LogP contribution < -0.4 is 5.32 Å². The maximum atomic E-state index is 12.7. The zero-order valence-electron chi connectivity index (χ0n) is 15.3. The molecule has 0 bridgehead atoms. The van der Waals surface area contributed by atoms with Gasteiger partial charge in [-0.15, -0.1) is 0 Å². The van der Waals surface area contributed by atoms with Crippen molar-refractivity contribution < 1.29 is 4.79 Å². The Morgan fingerprint density at radius 3 is 2.14 bits per heavy atom. The highest BCUT2D eigenvalue weighted by Crippen LogP contribution is 2.28. The molecule has 2 heterocycles. The number of pyridine rings is 1. The van der Waals surface area contributed by atoms with E-state index in [9.17, 15) is 4.79 Å². The second kappa shape index (κ2) is 8.31. The lowest BCUT2D eigenvalue weighted by Crippen LogP contribution is -2.16. The fraction of sp³-hybridized carbons (Fsp3) is 0.0870. The standard InChI is InChI=1S/C23H20N4O/c28-23(26-20-11-12-22(25-16-20)27-14-13-24-17-27)15-21(18-7-3-1-4-8-18)19-9-5-2-6-10-19/h1-14,16-17,21H,15H2,(H,26,28). The molecule has 1 N–H and O–H groups in total. The molecule has 0 saturated heterocycles. The molecule has 4 aromatic rings. The molecule has 0 radical (unpaired) electrons. The van der Waals surface area contributed by atoms with Gasteiger partial charge in [-0.2, -0.15) is 0 Å². The number of rotatable bonds is 6. The molecule has 2 aromatic heterocycles. The largest absolute Gasteiger partial charge is 0.325 e. The van der Waals surface area contributed by atoms with Gasteiger partial charge >= 0.3 is 0 Å². The molecule has 138 valence electrons. The molecule has 5 nitrogen and oxygen atoms in total. The first-order valence-corrected chi connectivity index (χ1v) is 9.14. The molecule has 0 aliphatic carbocycles. The summed E-state index contributed by atoms with van der Waals surface area (Å²) in [6.07, 6.45) is 7.23. The molecule has 0 fully saturated rings. The van der Waals surface area contributed by atoms with Gasteiger partial charge in [-0.1, -0.05) is 60.7 Å². The number of anilines is 1. The average molecular weight is 368 g/mol. The lowest BCUT2D eigenvalue weighted by molar-refractivity contribution is -0.116. The van der Waals surface area contributed by atoms with Crippen LogP contribution >= 0.6 is 0 Å². The van der Waals surface area contributed by atoms with Crippen LogP contribution in [0.1, 0.15) is 23.5 Å². The van der Waals surface area contributed by atoms with Gasteiger partial charge in [0.15, 0.2) is 0 Å². The summed E-state index contributed by atoms with van der Waals surface area (Å²) in [6.45, 7) is 0.